The summed E-state index contributed by atoms with van der Waals surface area (Å²) in [6, 6.07) is -0.311. The van der Waals surface area contributed by atoms with E-state index in [1.165, 1.54) is 7.05 Å². The minimum absolute atomic E-state index is 0.0744. The second-order valence-corrected chi connectivity index (χ2v) is 3.47. The van der Waals surface area contributed by atoms with E-state index in [4.69, 9.17) is 0 Å². The molecule has 70 valence electrons. The number of carbonyl (C=O) groups is 2. The van der Waals surface area contributed by atoms with E-state index >= 15 is 0 Å². The number of imide groups is 1. The standard InChI is InChI=1S/C9H12N2O2/c1-11-8(12)6-4-2-3-5-7(6)10-9(11)13/h5-6H,2-4H2,1H3,(H,10,13). The van der Waals surface area contributed by atoms with Crippen molar-refractivity contribution in [3.8, 4) is 0 Å². The number of hydrogen-bond acceptors (Lipinski definition) is 2. The largest absolute Gasteiger partial charge is 0.328 e. The SMILES string of the molecule is CN1C(=O)NC2=CCCCC2C1=O. The average molecular weight is 180 g/mol. The number of amides is 3. The number of rotatable bonds is 0. The van der Waals surface area contributed by atoms with Crippen molar-refractivity contribution in [2.24, 2.45) is 5.92 Å². The lowest BCUT2D eigenvalue weighted by molar-refractivity contribution is -0.131. The minimum atomic E-state index is -0.311. The Balaban J connectivity index is 2.29. The van der Waals surface area contributed by atoms with Gasteiger partial charge in [0.2, 0.25) is 5.91 Å². The van der Waals surface area contributed by atoms with Gasteiger partial charge in [-0.05, 0) is 19.3 Å². The highest BCUT2D eigenvalue weighted by Crippen LogP contribution is 2.27. The zero-order valence-electron chi connectivity index (χ0n) is 7.54. The Hall–Kier alpha value is -1.32. The molecule has 4 heteroatoms. The summed E-state index contributed by atoms with van der Waals surface area (Å²) < 4.78 is 0. The Kier molecular flexibility index (Phi) is 1.83. The van der Waals surface area contributed by atoms with Crippen molar-refractivity contribution in [2.75, 3.05) is 7.05 Å². The average Bonchev–Trinajstić information content (AvgIpc) is 2.15. The summed E-state index contributed by atoms with van der Waals surface area (Å²) in [7, 11) is 1.52. The third-order valence-electron chi connectivity index (χ3n) is 2.62. The van der Waals surface area contributed by atoms with Crippen molar-refractivity contribution >= 4 is 11.9 Å². The van der Waals surface area contributed by atoms with Crippen molar-refractivity contribution in [3.05, 3.63) is 11.8 Å². The van der Waals surface area contributed by atoms with Gasteiger partial charge < -0.3 is 5.32 Å². The topological polar surface area (TPSA) is 49.4 Å². The lowest BCUT2D eigenvalue weighted by Crippen LogP contribution is -2.52. The second-order valence-electron chi connectivity index (χ2n) is 3.47. The van der Waals surface area contributed by atoms with Crippen LogP contribution in [0.15, 0.2) is 11.8 Å². The van der Waals surface area contributed by atoms with Crippen LogP contribution in [-0.2, 0) is 4.79 Å². The van der Waals surface area contributed by atoms with Gasteiger partial charge in [-0.2, -0.15) is 0 Å². The second kappa shape index (κ2) is 2.87. The Morgan fingerprint density at radius 1 is 1.54 bits per heavy atom. The quantitative estimate of drug-likeness (QED) is 0.600. The van der Waals surface area contributed by atoms with Crippen LogP contribution in [0.2, 0.25) is 0 Å². The third-order valence-corrected chi connectivity index (χ3v) is 2.62. The van der Waals surface area contributed by atoms with Crippen LogP contribution in [-0.4, -0.2) is 23.9 Å². The molecule has 1 heterocycles. The molecule has 0 radical (unpaired) electrons. The van der Waals surface area contributed by atoms with Crippen molar-refractivity contribution < 1.29 is 9.59 Å². The van der Waals surface area contributed by atoms with E-state index in [0.29, 0.717) is 0 Å². The van der Waals surface area contributed by atoms with Gasteiger partial charge in [0, 0.05) is 12.7 Å². The summed E-state index contributed by atoms with van der Waals surface area (Å²) >= 11 is 0. The molecule has 0 aromatic heterocycles. The van der Waals surface area contributed by atoms with Crippen LogP contribution < -0.4 is 5.32 Å². The molecule has 1 fully saturated rings. The van der Waals surface area contributed by atoms with Crippen LogP contribution in [0.3, 0.4) is 0 Å². The number of allylic oxidation sites excluding steroid dienone is 1. The van der Waals surface area contributed by atoms with Gasteiger partial charge in [0.15, 0.2) is 0 Å². The minimum Gasteiger partial charge on any atom is -0.311 e. The van der Waals surface area contributed by atoms with Crippen molar-refractivity contribution in [1.82, 2.24) is 10.2 Å². The third kappa shape index (κ3) is 1.22. The number of fused-ring (bicyclic) bond motifs is 1. The first-order valence-electron chi connectivity index (χ1n) is 4.49. The number of urea groups is 1. The van der Waals surface area contributed by atoms with E-state index in [2.05, 4.69) is 5.32 Å². The zero-order valence-corrected chi connectivity index (χ0v) is 7.54. The molecule has 2 rings (SSSR count). The molecule has 1 saturated heterocycles. The maximum atomic E-state index is 11.6. The first kappa shape index (κ1) is 8.29. The van der Waals surface area contributed by atoms with Crippen LogP contribution in [0, 0.1) is 5.92 Å². The highest BCUT2D eigenvalue weighted by molar-refractivity contribution is 6.00. The first-order valence-corrected chi connectivity index (χ1v) is 4.49. The van der Waals surface area contributed by atoms with Gasteiger partial charge in [-0.1, -0.05) is 6.08 Å². The fraction of sp³-hybridized carbons (Fsp3) is 0.556. The van der Waals surface area contributed by atoms with E-state index in [-0.39, 0.29) is 17.9 Å². The van der Waals surface area contributed by atoms with Crippen molar-refractivity contribution in [3.63, 3.8) is 0 Å². The summed E-state index contributed by atoms with van der Waals surface area (Å²) in [4.78, 5) is 24.0. The zero-order chi connectivity index (χ0) is 9.42. The fourth-order valence-electron chi connectivity index (χ4n) is 1.81. The Labute approximate surface area is 76.6 Å². The van der Waals surface area contributed by atoms with Crippen molar-refractivity contribution in [2.45, 2.75) is 19.3 Å². The number of hydrogen-bond donors (Lipinski definition) is 1. The van der Waals surface area contributed by atoms with Crippen LogP contribution in [0.25, 0.3) is 0 Å². The van der Waals surface area contributed by atoms with Gasteiger partial charge in [0.1, 0.15) is 0 Å². The van der Waals surface area contributed by atoms with Gasteiger partial charge in [-0.3, -0.25) is 9.69 Å². The predicted molar refractivity (Wildman–Crippen MR) is 46.7 cm³/mol. The van der Waals surface area contributed by atoms with Crippen LogP contribution in [0.5, 0.6) is 0 Å². The van der Waals surface area contributed by atoms with Crippen LogP contribution in [0.1, 0.15) is 19.3 Å². The molecular weight excluding hydrogens is 168 g/mol. The van der Waals surface area contributed by atoms with Gasteiger partial charge in [-0.25, -0.2) is 4.79 Å². The van der Waals surface area contributed by atoms with Gasteiger partial charge in [-0.15, -0.1) is 0 Å². The Morgan fingerprint density at radius 2 is 2.31 bits per heavy atom. The summed E-state index contributed by atoms with van der Waals surface area (Å²) in [6.07, 6.45) is 4.80. The first-order chi connectivity index (χ1) is 6.20. The highest BCUT2D eigenvalue weighted by atomic mass is 16.2. The van der Waals surface area contributed by atoms with Gasteiger partial charge in [0.25, 0.3) is 0 Å². The summed E-state index contributed by atoms with van der Waals surface area (Å²) in [5.74, 6) is -0.175. The molecule has 1 N–H and O–H groups in total. The Morgan fingerprint density at radius 3 is 3.08 bits per heavy atom. The molecule has 1 atom stereocenters. The number of nitrogens with zero attached hydrogens (tertiary/aromatic N) is 1. The summed E-state index contributed by atoms with van der Waals surface area (Å²) in [6.45, 7) is 0. The van der Waals surface area contributed by atoms with E-state index in [9.17, 15) is 9.59 Å². The molecule has 3 amide bonds. The molecule has 0 aromatic rings. The molecule has 1 unspecified atom stereocenters. The molecule has 0 bridgehead atoms. The van der Waals surface area contributed by atoms with Crippen LogP contribution in [0.4, 0.5) is 4.79 Å². The lowest BCUT2D eigenvalue weighted by Gasteiger charge is -2.32. The Bertz CT molecular complexity index is 296. The highest BCUT2D eigenvalue weighted by Gasteiger charge is 2.35. The molecular formula is C9H12N2O2. The molecule has 4 nitrogen and oxygen atoms in total. The molecule has 0 aromatic carbocycles. The fourth-order valence-corrected chi connectivity index (χ4v) is 1.81. The normalized spacial score (nSPS) is 27.9. The molecule has 0 saturated carbocycles. The molecule has 13 heavy (non-hydrogen) atoms. The van der Waals surface area contributed by atoms with E-state index in [0.717, 1.165) is 29.9 Å². The molecule has 1 aliphatic heterocycles. The summed E-state index contributed by atoms with van der Waals surface area (Å²) in [5.41, 5.74) is 0.805. The number of nitrogens with one attached hydrogen (secondary N) is 1. The van der Waals surface area contributed by atoms with E-state index < -0.39 is 0 Å². The van der Waals surface area contributed by atoms with Gasteiger partial charge >= 0.3 is 6.03 Å². The lowest BCUT2D eigenvalue weighted by atomic mass is 9.90. The van der Waals surface area contributed by atoms with E-state index in [1.807, 2.05) is 6.08 Å². The van der Waals surface area contributed by atoms with E-state index in [1.54, 1.807) is 0 Å². The molecule has 0 spiro atoms. The maximum Gasteiger partial charge on any atom is 0.328 e. The van der Waals surface area contributed by atoms with Crippen LogP contribution >= 0.6 is 0 Å². The number of carbonyl (C=O) groups excluding carboxylic acids is 2. The summed E-state index contributed by atoms with van der Waals surface area (Å²) in [5, 5.41) is 2.73. The predicted octanol–water partition coefficient (Wildman–Crippen LogP) is 0.852. The maximum absolute atomic E-state index is 11.6. The molecule has 1 aliphatic carbocycles. The monoisotopic (exact) mass is 180 g/mol. The smallest absolute Gasteiger partial charge is 0.311 e. The molecule has 2 aliphatic rings. The van der Waals surface area contributed by atoms with Gasteiger partial charge in [0.05, 0.1) is 5.92 Å². The van der Waals surface area contributed by atoms with Crippen molar-refractivity contribution in [1.29, 1.82) is 0 Å².